The van der Waals surface area contributed by atoms with Crippen molar-refractivity contribution < 1.29 is 0 Å². The van der Waals surface area contributed by atoms with Crippen LogP contribution in [0.3, 0.4) is 0 Å². The highest BCUT2D eigenvalue weighted by Gasteiger charge is 2.00. The Kier molecular flexibility index (Phi) is 2.11. The lowest BCUT2D eigenvalue weighted by Gasteiger charge is -2.00. The number of aliphatic imine (C=N–C) groups is 2. The molecule has 0 amide bonds. The molecule has 0 radical (unpaired) electrons. The molecule has 0 bridgehead atoms. The number of aryl methyl sites for hydroxylation is 1. The molecule has 3 heteroatoms. The Labute approximate surface area is 65.5 Å². The van der Waals surface area contributed by atoms with Gasteiger partial charge in [-0.2, -0.15) is 0 Å². The van der Waals surface area contributed by atoms with Gasteiger partial charge in [-0.15, -0.1) is 0 Å². The van der Waals surface area contributed by atoms with Crippen molar-refractivity contribution >= 4 is 24.9 Å². The third kappa shape index (κ3) is 1.32. The van der Waals surface area contributed by atoms with Gasteiger partial charge in [-0.3, -0.25) is 4.99 Å². The van der Waals surface area contributed by atoms with Crippen LogP contribution in [0.5, 0.6) is 0 Å². The molecule has 0 fully saturated rings. The molecule has 1 rings (SSSR count). The third-order valence-corrected chi connectivity index (χ3v) is 1.41. The second kappa shape index (κ2) is 3.05. The molecule has 0 saturated heterocycles. The molecule has 0 saturated carbocycles. The number of pyridine rings is 1. The molecule has 0 aromatic carbocycles. The summed E-state index contributed by atoms with van der Waals surface area (Å²) in [6, 6.07) is 1.86. The van der Waals surface area contributed by atoms with Gasteiger partial charge in [-0.1, -0.05) is 0 Å². The summed E-state index contributed by atoms with van der Waals surface area (Å²) >= 11 is 0. The van der Waals surface area contributed by atoms with Gasteiger partial charge in [0.25, 0.3) is 0 Å². The lowest BCUT2D eigenvalue weighted by atomic mass is 10.2. The molecular formula is C8H9N3. The Balaban J connectivity index is 3.35. The van der Waals surface area contributed by atoms with Crippen molar-refractivity contribution in [2.24, 2.45) is 9.98 Å². The zero-order valence-corrected chi connectivity index (χ0v) is 6.41. The Hall–Kier alpha value is -1.51. The highest BCUT2D eigenvalue weighted by molar-refractivity contribution is 5.65. The molecule has 1 aromatic heterocycles. The van der Waals surface area contributed by atoms with Crippen LogP contribution in [-0.2, 0) is 0 Å². The van der Waals surface area contributed by atoms with Crippen molar-refractivity contribution in [1.82, 2.24) is 4.98 Å². The first-order valence-corrected chi connectivity index (χ1v) is 3.18. The monoisotopic (exact) mass is 147 g/mol. The minimum absolute atomic E-state index is 0.542. The second-order valence-electron chi connectivity index (χ2n) is 2.12. The molecule has 0 aliphatic rings. The van der Waals surface area contributed by atoms with Crippen LogP contribution in [0.2, 0.25) is 0 Å². The van der Waals surface area contributed by atoms with Crippen LogP contribution in [0.15, 0.2) is 22.2 Å². The standard InChI is InChI=1S/C8H9N3/c1-6-4-5-11-8(10-3)7(6)9-2/h4-5H,2-3H2,1H3. The van der Waals surface area contributed by atoms with Gasteiger partial charge in [0.2, 0.25) is 0 Å². The normalized spacial score (nSPS) is 9.18. The lowest BCUT2D eigenvalue weighted by molar-refractivity contribution is 1.23. The SMILES string of the molecule is C=Nc1nccc(C)c1N=C. The molecule has 3 nitrogen and oxygen atoms in total. The minimum Gasteiger partial charge on any atom is -0.260 e. The molecule has 0 unspecified atom stereocenters. The van der Waals surface area contributed by atoms with E-state index in [9.17, 15) is 0 Å². The molecule has 0 atom stereocenters. The van der Waals surface area contributed by atoms with Crippen LogP contribution in [0.1, 0.15) is 5.56 Å². The van der Waals surface area contributed by atoms with E-state index in [1.165, 1.54) is 0 Å². The summed E-state index contributed by atoms with van der Waals surface area (Å²) in [5, 5.41) is 0. The summed E-state index contributed by atoms with van der Waals surface area (Å²) in [5.41, 5.74) is 1.72. The van der Waals surface area contributed by atoms with Crippen molar-refractivity contribution in [3.63, 3.8) is 0 Å². The highest BCUT2D eigenvalue weighted by atomic mass is 14.9. The van der Waals surface area contributed by atoms with E-state index in [2.05, 4.69) is 28.4 Å². The van der Waals surface area contributed by atoms with Crippen LogP contribution >= 0.6 is 0 Å². The van der Waals surface area contributed by atoms with E-state index in [0.29, 0.717) is 11.5 Å². The van der Waals surface area contributed by atoms with Crippen LogP contribution in [0, 0.1) is 6.92 Å². The fourth-order valence-electron chi connectivity index (χ4n) is 0.847. The van der Waals surface area contributed by atoms with Gasteiger partial charge in [0, 0.05) is 6.20 Å². The second-order valence-corrected chi connectivity index (χ2v) is 2.12. The van der Waals surface area contributed by atoms with Crippen LogP contribution in [-0.4, -0.2) is 18.4 Å². The largest absolute Gasteiger partial charge is 0.260 e. The molecule has 11 heavy (non-hydrogen) atoms. The molecule has 1 heterocycles. The third-order valence-electron chi connectivity index (χ3n) is 1.41. The molecular weight excluding hydrogens is 138 g/mol. The number of nitrogens with zero attached hydrogens (tertiary/aromatic N) is 3. The van der Waals surface area contributed by atoms with E-state index in [4.69, 9.17) is 0 Å². The zero-order chi connectivity index (χ0) is 8.27. The summed E-state index contributed by atoms with van der Waals surface area (Å²) in [4.78, 5) is 11.5. The van der Waals surface area contributed by atoms with Gasteiger partial charge in [-0.05, 0) is 32.0 Å². The van der Waals surface area contributed by atoms with E-state index >= 15 is 0 Å². The number of rotatable bonds is 2. The fourth-order valence-corrected chi connectivity index (χ4v) is 0.847. The Morgan fingerprint density at radius 1 is 1.36 bits per heavy atom. The van der Waals surface area contributed by atoms with Gasteiger partial charge in [0.15, 0.2) is 5.82 Å². The molecule has 1 aromatic rings. The van der Waals surface area contributed by atoms with Crippen molar-refractivity contribution in [3.05, 3.63) is 17.8 Å². The maximum Gasteiger partial charge on any atom is 0.177 e. The first-order valence-electron chi connectivity index (χ1n) is 3.18. The smallest absolute Gasteiger partial charge is 0.177 e. The van der Waals surface area contributed by atoms with Crippen LogP contribution in [0.4, 0.5) is 11.5 Å². The fraction of sp³-hybridized carbons (Fsp3) is 0.125. The predicted molar refractivity (Wildman–Crippen MR) is 47.4 cm³/mol. The maximum absolute atomic E-state index is 3.97. The molecule has 0 N–H and O–H groups in total. The number of aromatic nitrogens is 1. The summed E-state index contributed by atoms with van der Waals surface area (Å²) in [6.45, 7) is 8.73. The van der Waals surface area contributed by atoms with Gasteiger partial charge in [0.1, 0.15) is 5.69 Å². The average Bonchev–Trinajstić information content (AvgIpc) is 2.04. The molecule has 0 spiro atoms. The van der Waals surface area contributed by atoms with Crippen molar-refractivity contribution in [2.45, 2.75) is 6.92 Å². The summed E-state index contributed by atoms with van der Waals surface area (Å²) in [6.07, 6.45) is 1.67. The van der Waals surface area contributed by atoms with E-state index < -0.39 is 0 Å². The first kappa shape index (κ1) is 7.60. The van der Waals surface area contributed by atoms with Crippen molar-refractivity contribution in [2.75, 3.05) is 0 Å². The summed E-state index contributed by atoms with van der Waals surface area (Å²) in [7, 11) is 0. The lowest BCUT2D eigenvalue weighted by Crippen LogP contribution is -1.78. The van der Waals surface area contributed by atoms with E-state index in [-0.39, 0.29) is 0 Å². The topological polar surface area (TPSA) is 37.6 Å². The quantitative estimate of drug-likeness (QED) is 0.590. The van der Waals surface area contributed by atoms with E-state index in [0.717, 1.165) is 5.56 Å². The molecule has 0 aliphatic heterocycles. The minimum atomic E-state index is 0.542. The van der Waals surface area contributed by atoms with Crippen molar-refractivity contribution in [1.29, 1.82) is 0 Å². The van der Waals surface area contributed by atoms with Gasteiger partial charge >= 0.3 is 0 Å². The van der Waals surface area contributed by atoms with Crippen molar-refractivity contribution in [3.8, 4) is 0 Å². The highest BCUT2D eigenvalue weighted by Crippen LogP contribution is 2.27. The van der Waals surface area contributed by atoms with Gasteiger partial charge < -0.3 is 0 Å². The number of hydrogen-bond donors (Lipinski definition) is 0. The van der Waals surface area contributed by atoms with Gasteiger partial charge in [-0.25, -0.2) is 9.98 Å². The van der Waals surface area contributed by atoms with E-state index in [1.54, 1.807) is 6.20 Å². The number of hydrogen-bond acceptors (Lipinski definition) is 3. The maximum atomic E-state index is 3.97. The molecule has 0 aliphatic carbocycles. The zero-order valence-electron chi connectivity index (χ0n) is 6.41. The van der Waals surface area contributed by atoms with Crippen LogP contribution < -0.4 is 0 Å². The van der Waals surface area contributed by atoms with E-state index in [1.807, 2.05) is 13.0 Å². The Morgan fingerprint density at radius 3 is 2.55 bits per heavy atom. The van der Waals surface area contributed by atoms with Crippen LogP contribution in [0.25, 0.3) is 0 Å². The summed E-state index contributed by atoms with van der Waals surface area (Å²) in [5.74, 6) is 0.542. The van der Waals surface area contributed by atoms with Gasteiger partial charge in [0.05, 0.1) is 0 Å². The average molecular weight is 147 g/mol. The predicted octanol–water partition coefficient (Wildman–Crippen LogP) is 2.05. The Bertz CT molecular complexity index is 291. The molecule has 56 valence electrons. The first-order chi connectivity index (χ1) is 5.29. The summed E-state index contributed by atoms with van der Waals surface area (Å²) < 4.78 is 0. The Morgan fingerprint density at radius 2 is 2.09 bits per heavy atom.